The van der Waals surface area contributed by atoms with Crippen LogP contribution in [0.2, 0.25) is 0 Å². The Morgan fingerprint density at radius 3 is 2.33 bits per heavy atom. The molecule has 1 saturated heterocycles. The molecule has 0 unspecified atom stereocenters. The predicted molar refractivity (Wildman–Crippen MR) is 37.2 cm³/mol. The summed E-state index contributed by atoms with van der Waals surface area (Å²) < 4.78 is 5.08. The monoisotopic (exact) mass is 129 g/mol. The lowest BCUT2D eigenvalue weighted by Crippen LogP contribution is -2.43. The van der Waals surface area contributed by atoms with Gasteiger partial charge in [0.1, 0.15) is 0 Å². The molecule has 1 fully saturated rings. The van der Waals surface area contributed by atoms with E-state index in [1.807, 2.05) is 6.92 Å². The Bertz CT molecular complexity index is 97.1. The van der Waals surface area contributed by atoms with Crippen molar-refractivity contribution in [2.75, 3.05) is 13.2 Å². The number of rotatable bonds is 2. The molecule has 1 aliphatic heterocycles. The average Bonchev–Trinajstić information content (AvgIpc) is 1.60. The van der Waals surface area contributed by atoms with Crippen molar-refractivity contribution in [1.82, 2.24) is 0 Å². The van der Waals surface area contributed by atoms with Crippen LogP contribution in [0.1, 0.15) is 20.3 Å². The molecule has 2 nitrogen and oxygen atoms in total. The summed E-state index contributed by atoms with van der Waals surface area (Å²) in [7, 11) is 0. The Hall–Kier alpha value is -0.0800. The van der Waals surface area contributed by atoms with E-state index in [2.05, 4.69) is 6.92 Å². The van der Waals surface area contributed by atoms with Crippen LogP contribution in [0.3, 0.4) is 0 Å². The van der Waals surface area contributed by atoms with Gasteiger partial charge in [0.2, 0.25) is 0 Å². The zero-order valence-corrected chi connectivity index (χ0v) is 6.18. The molecule has 2 N–H and O–H groups in total. The highest BCUT2D eigenvalue weighted by Crippen LogP contribution is 2.30. The Labute approximate surface area is 56.4 Å². The molecule has 0 aromatic carbocycles. The Balaban J connectivity index is 2.24. The molecule has 0 spiro atoms. The maximum atomic E-state index is 5.63. The first kappa shape index (κ1) is 7.03. The lowest BCUT2D eigenvalue weighted by Gasteiger charge is -2.39. The van der Waals surface area contributed by atoms with Crippen molar-refractivity contribution in [2.45, 2.75) is 26.3 Å². The van der Waals surface area contributed by atoms with E-state index >= 15 is 0 Å². The molecular weight excluding hydrogens is 114 g/mol. The minimum Gasteiger partial charge on any atom is -0.380 e. The van der Waals surface area contributed by atoms with E-state index in [-0.39, 0.29) is 0 Å². The van der Waals surface area contributed by atoms with E-state index in [0.717, 1.165) is 19.6 Å². The van der Waals surface area contributed by atoms with Crippen molar-refractivity contribution in [1.29, 1.82) is 0 Å². The summed E-state index contributed by atoms with van der Waals surface area (Å²) in [4.78, 5) is 0. The van der Waals surface area contributed by atoms with Gasteiger partial charge in [0.15, 0.2) is 0 Å². The largest absolute Gasteiger partial charge is 0.380 e. The van der Waals surface area contributed by atoms with Crippen LogP contribution in [0.4, 0.5) is 0 Å². The second-order valence-corrected chi connectivity index (χ2v) is 3.48. The van der Waals surface area contributed by atoms with E-state index in [9.17, 15) is 0 Å². The van der Waals surface area contributed by atoms with E-state index in [4.69, 9.17) is 10.5 Å². The summed E-state index contributed by atoms with van der Waals surface area (Å²) >= 11 is 0. The smallest absolute Gasteiger partial charge is 0.0542 e. The number of ether oxygens (including phenoxy) is 1. The van der Waals surface area contributed by atoms with Crippen molar-refractivity contribution in [2.24, 2.45) is 11.1 Å². The fourth-order valence-electron chi connectivity index (χ4n) is 1.35. The lowest BCUT2D eigenvalue weighted by atomic mass is 9.82. The molecule has 0 amide bonds. The predicted octanol–water partition coefficient (Wildman–Crippen LogP) is 0.760. The molecule has 0 bridgehead atoms. The molecule has 0 aromatic rings. The number of hydrogen-bond donors (Lipinski definition) is 1. The van der Waals surface area contributed by atoms with Gasteiger partial charge in [-0.1, -0.05) is 6.92 Å². The maximum absolute atomic E-state index is 5.63. The first-order valence-corrected chi connectivity index (χ1v) is 3.46. The fourth-order valence-corrected chi connectivity index (χ4v) is 1.35. The third kappa shape index (κ3) is 1.66. The van der Waals surface area contributed by atoms with Gasteiger partial charge in [0.05, 0.1) is 13.2 Å². The Morgan fingerprint density at radius 1 is 1.67 bits per heavy atom. The van der Waals surface area contributed by atoms with Crippen molar-refractivity contribution in [3.05, 3.63) is 0 Å². The summed E-state index contributed by atoms with van der Waals surface area (Å²) in [5.41, 5.74) is 6.03. The van der Waals surface area contributed by atoms with Gasteiger partial charge in [0, 0.05) is 11.5 Å². The number of hydrogen-bond acceptors (Lipinski definition) is 2. The molecule has 54 valence electrons. The molecule has 0 aliphatic carbocycles. The van der Waals surface area contributed by atoms with E-state index in [1.54, 1.807) is 0 Å². The Morgan fingerprint density at radius 2 is 2.22 bits per heavy atom. The van der Waals surface area contributed by atoms with Crippen LogP contribution >= 0.6 is 0 Å². The molecule has 0 radical (unpaired) electrons. The lowest BCUT2D eigenvalue weighted by molar-refractivity contribution is -0.107. The van der Waals surface area contributed by atoms with Gasteiger partial charge < -0.3 is 10.5 Å². The minimum absolute atomic E-state index is 0.318. The first-order valence-electron chi connectivity index (χ1n) is 3.46. The van der Waals surface area contributed by atoms with Crippen LogP contribution < -0.4 is 5.73 Å². The van der Waals surface area contributed by atoms with Crippen LogP contribution in [0, 0.1) is 5.41 Å². The zero-order valence-electron chi connectivity index (χ0n) is 6.18. The third-order valence-electron chi connectivity index (χ3n) is 1.72. The quantitative estimate of drug-likeness (QED) is 0.597. The molecule has 0 saturated carbocycles. The molecule has 2 heteroatoms. The summed E-state index contributed by atoms with van der Waals surface area (Å²) in [6.45, 7) is 6.06. The molecule has 1 heterocycles. The van der Waals surface area contributed by atoms with Gasteiger partial charge in [0.25, 0.3) is 0 Å². The highest BCUT2D eigenvalue weighted by molar-refractivity contribution is 4.83. The van der Waals surface area contributed by atoms with Crippen LogP contribution in [0.15, 0.2) is 0 Å². The van der Waals surface area contributed by atoms with Crippen LogP contribution in [-0.2, 0) is 4.74 Å². The van der Waals surface area contributed by atoms with Crippen LogP contribution in [-0.4, -0.2) is 19.3 Å². The van der Waals surface area contributed by atoms with E-state index in [1.165, 1.54) is 0 Å². The summed E-state index contributed by atoms with van der Waals surface area (Å²) in [5.74, 6) is 0. The first-order chi connectivity index (χ1) is 4.12. The molecule has 1 rings (SSSR count). The molecule has 1 aliphatic rings. The van der Waals surface area contributed by atoms with Crippen molar-refractivity contribution in [3.63, 3.8) is 0 Å². The van der Waals surface area contributed by atoms with Crippen molar-refractivity contribution < 1.29 is 4.74 Å². The van der Waals surface area contributed by atoms with Crippen molar-refractivity contribution >= 4 is 0 Å². The minimum atomic E-state index is 0.318. The SMILES string of the molecule is C[C@@H](N)CC1(C)COC1. The third-order valence-corrected chi connectivity index (χ3v) is 1.72. The van der Waals surface area contributed by atoms with Crippen LogP contribution in [0.25, 0.3) is 0 Å². The number of nitrogens with two attached hydrogens (primary N) is 1. The Kier molecular flexibility index (Phi) is 1.78. The highest BCUT2D eigenvalue weighted by atomic mass is 16.5. The van der Waals surface area contributed by atoms with Gasteiger partial charge in [-0.3, -0.25) is 0 Å². The summed E-state index contributed by atoms with van der Waals surface area (Å²) in [6, 6.07) is 0.318. The normalized spacial score (nSPS) is 27.0. The molecule has 0 aromatic heterocycles. The van der Waals surface area contributed by atoms with Crippen molar-refractivity contribution in [3.8, 4) is 0 Å². The van der Waals surface area contributed by atoms with Gasteiger partial charge in [-0.25, -0.2) is 0 Å². The van der Waals surface area contributed by atoms with Crippen LogP contribution in [0.5, 0.6) is 0 Å². The van der Waals surface area contributed by atoms with Gasteiger partial charge in [-0.15, -0.1) is 0 Å². The second kappa shape index (κ2) is 2.27. The molecule has 9 heavy (non-hydrogen) atoms. The van der Waals surface area contributed by atoms with E-state index in [0.29, 0.717) is 11.5 Å². The standard InChI is InChI=1S/C7H15NO/c1-6(8)3-7(2)4-9-5-7/h6H,3-5,8H2,1-2H3/t6-/m1/s1. The second-order valence-electron chi connectivity index (χ2n) is 3.48. The maximum Gasteiger partial charge on any atom is 0.0542 e. The summed E-state index contributed by atoms with van der Waals surface area (Å²) in [6.07, 6.45) is 1.09. The highest BCUT2D eigenvalue weighted by Gasteiger charge is 2.33. The summed E-state index contributed by atoms with van der Waals surface area (Å²) in [5, 5.41) is 0. The average molecular weight is 129 g/mol. The van der Waals surface area contributed by atoms with Gasteiger partial charge in [-0.2, -0.15) is 0 Å². The topological polar surface area (TPSA) is 35.2 Å². The van der Waals surface area contributed by atoms with E-state index < -0.39 is 0 Å². The van der Waals surface area contributed by atoms with Gasteiger partial charge >= 0.3 is 0 Å². The zero-order chi connectivity index (χ0) is 6.91. The van der Waals surface area contributed by atoms with Gasteiger partial charge in [-0.05, 0) is 13.3 Å². The fraction of sp³-hybridized carbons (Fsp3) is 1.00. The molecule has 1 atom stereocenters. The molecular formula is C7H15NO.